The highest BCUT2D eigenvalue weighted by atomic mass is 19.2. The zero-order valence-electron chi connectivity index (χ0n) is 71.8. The van der Waals surface area contributed by atoms with Crippen LogP contribution < -0.4 is 0 Å². The highest BCUT2D eigenvalue weighted by Gasteiger charge is 2.28. The number of aryl methyl sites for hydroxylation is 5. The second-order valence-electron chi connectivity index (χ2n) is 34.1. The van der Waals surface area contributed by atoms with Gasteiger partial charge in [0.25, 0.3) is 0 Å². The molecule has 0 saturated heterocycles. The van der Waals surface area contributed by atoms with Gasteiger partial charge in [0.2, 0.25) is 0 Å². The summed E-state index contributed by atoms with van der Waals surface area (Å²) in [6.07, 6.45) is 46.6. The lowest BCUT2D eigenvalue weighted by molar-refractivity contribution is 0.376. The molecule has 120 heavy (non-hydrogen) atoms. The second-order valence-corrected chi connectivity index (χ2v) is 34.1. The fourth-order valence-electron chi connectivity index (χ4n) is 18.6. The number of rotatable bonds is 15. The van der Waals surface area contributed by atoms with Crippen molar-refractivity contribution in [2.45, 2.75) is 227 Å². The molecule has 630 valence electrons. The van der Waals surface area contributed by atoms with E-state index in [1.54, 1.807) is 95.3 Å². The molecule has 5 fully saturated rings. The number of hydrogen-bond donors (Lipinski definition) is 0. The minimum atomic E-state index is -0.755. The van der Waals surface area contributed by atoms with Crippen molar-refractivity contribution in [2.24, 2.45) is 29.6 Å². The lowest BCUT2D eigenvalue weighted by atomic mass is 9.78. The first-order chi connectivity index (χ1) is 58.0. The average Bonchev–Trinajstić information content (AvgIpc) is 0.823. The Bertz CT molecular complexity index is 4350. The maximum Gasteiger partial charge on any atom is 0.166 e. The predicted octanol–water partition coefficient (Wildman–Crippen LogP) is 34.0. The van der Waals surface area contributed by atoms with Crippen LogP contribution in [0.4, 0.5) is 43.9 Å². The zero-order valence-corrected chi connectivity index (χ0v) is 71.8. The summed E-state index contributed by atoms with van der Waals surface area (Å²) in [6, 6.07) is 56.4. The molecule has 0 amide bonds. The van der Waals surface area contributed by atoms with E-state index < -0.39 is 58.2 Å². The average molecular weight is 1630 g/mol. The third kappa shape index (κ3) is 23.5. The molecular weight excluding hydrogens is 1510 g/mol. The largest absolute Gasteiger partial charge is 0.203 e. The molecule has 15 rings (SSSR count). The highest BCUT2D eigenvalue weighted by Crippen LogP contribution is 2.44. The van der Waals surface area contributed by atoms with Crippen molar-refractivity contribution in [3.8, 4) is 55.6 Å². The summed E-state index contributed by atoms with van der Waals surface area (Å²) in [5.41, 5.74) is 13.6. The van der Waals surface area contributed by atoms with E-state index in [0.29, 0.717) is 85.2 Å². The van der Waals surface area contributed by atoms with Crippen molar-refractivity contribution in [1.82, 2.24) is 0 Å². The smallest absolute Gasteiger partial charge is 0.166 e. The topological polar surface area (TPSA) is 0 Å². The summed E-state index contributed by atoms with van der Waals surface area (Å²) in [6.45, 7) is 18.3. The molecular formula is C110H120F10. The van der Waals surface area contributed by atoms with Gasteiger partial charge < -0.3 is 0 Å². The van der Waals surface area contributed by atoms with Crippen LogP contribution in [0.5, 0.6) is 0 Å². The molecule has 0 aliphatic heterocycles. The van der Waals surface area contributed by atoms with Crippen LogP contribution >= 0.6 is 0 Å². The normalized spacial score (nSPS) is 21.3. The van der Waals surface area contributed by atoms with Gasteiger partial charge >= 0.3 is 0 Å². The van der Waals surface area contributed by atoms with Crippen molar-refractivity contribution in [3.05, 3.63) is 357 Å². The van der Waals surface area contributed by atoms with Gasteiger partial charge in [0, 0.05) is 27.8 Å². The van der Waals surface area contributed by atoms with E-state index in [0.717, 1.165) is 57.4 Å². The molecule has 0 bridgehead atoms. The fourth-order valence-corrected chi connectivity index (χ4v) is 18.6. The van der Waals surface area contributed by atoms with E-state index in [9.17, 15) is 43.9 Å². The predicted molar refractivity (Wildman–Crippen MR) is 480 cm³/mol. The monoisotopic (exact) mass is 1630 g/mol. The third-order valence-electron chi connectivity index (χ3n) is 26.0. The van der Waals surface area contributed by atoms with Gasteiger partial charge in [-0.05, 0) is 340 Å². The summed E-state index contributed by atoms with van der Waals surface area (Å²) in [5.74, 6) is -1.02. The molecule has 0 atom stereocenters. The van der Waals surface area contributed by atoms with Gasteiger partial charge in [0.15, 0.2) is 58.2 Å². The molecule has 10 heteroatoms. The molecule has 0 nitrogen and oxygen atoms in total. The number of hydrogen-bond acceptors (Lipinski definition) is 0. The zero-order chi connectivity index (χ0) is 85.5. The van der Waals surface area contributed by atoms with Crippen molar-refractivity contribution < 1.29 is 43.9 Å². The fraction of sp³-hybridized carbons (Fsp3) is 0.364. The van der Waals surface area contributed by atoms with Crippen LogP contribution in [0.3, 0.4) is 0 Å². The standard InChI is InChI=1S/5C22H24F2/c5*1-3-4-16-6-8-17(9-7-16)18-10-12-19(13-11-18)20-14-5-15(2)21(23)22(20)24/h5*3-5,10-14,16-17H,6-9H2,1-2H3/b5*4-3+. The first kappa shape index (κ1) is 91.0. The minimum absolute atomic E-state index is 0.335. The van der Waals surface area contributed by atoms with Crippen molar-refractivity contribution in [1.29, 1.82) is 0 Å². The number of allylic oxidation sites excluding steroid dienone is 10. The van der Waals surface area contributed by atoms with E-state index in [1.165, 1.54) is 156 Å². The van der Waals surface area contributed by atoms with Crippen LogP contribution in [0.1, 0.15) is 248 Å². The molecule has 0 heterocycles. The van der Waals surface area contributed by atoms with Crippen LogP contribution in [-0.4, -0.2) is 0 Å². The van der Waals surface area contributed by atoms with Gasteiger partial charge in [0.1, 0.15) is 0 Å². The van der Waals surface area contributed by atoms with Crippen molar-refractivity contribution in [2.75, 3.05) is 0 Å². The van der Waals surface area contributed by atoms with Crippen molar-refractivity contribution in [3.63, 3.8) is 0 Å². The van der Waals surface area contributed by atoms with Gasteiger partial charge in [-0.3, -0.25) is 0 Å². The lowest BCUT2D eigenvalue weighted by Gasteiger charge is -2.27. The summed E-state index contributed by atoms with van der Waals surface area (Å²) >= 11 is 0. The summed E-state index contributed by atoms with van der Waals surface area (Å²) < 4.78 is 140. The molecule has 10 aromatic carbocycles. The molecule has 5 aliphatic rings. The van der Waals surface area contributed by atoms with E-state index >= 15 is 0 Å². The summed E-state index contributed by atoms with van der Waals surface area (Å²) in [4.78, 5) is 0. The maximum absolute atomic E-state index is 14.1. The molecule has 0 aromatic heterocycles. The Kier molecular flexibility index (Phi) is 33.4. The second kappa shape index (κ2) is 44.1. The van der Waals surface area contributed by atoms with Gasteiger partial charge in [0.05, 0.1) is 0 Å². The maximum atomic E-state index is 14.1. The Balaban J connectivity index is 0.000000147. The summed E-state index contributed by atoms with van der Waals surface area (Å²) in [5, 5.41) is 0. The highest BCUT2D eigenvalue weighted by molar-refractivity contribution is 5.69. The minimum Gasteiger partial charge on any atom is -0.203 e. The van der Waals surface area contributed by atoms with E-state index in [2.05, 4.69) is 156 Å². The van der Waals surface area contributed by atoms with Crippen molar-refractivity contribution >= 4 is 0 Å². The summed E-state index contributed by atoms with van der Waals surface area (Å²) in [7, 11) is 0. The van der Waals surface area contributed by atoms with E-state index in [4.69, 9.17) is 0 Å². The van der Waals surface area contributed by atoms with E-state index in [-0.39, 0.29) is 0 Å². The quantitative estimate of drug-likeness (QED) is 0.0709. The van der Waals surface area contributed by atoms with Gasteiger partial charge in [-0.25, -0.2) is 43.9 Å². The lowest BCUT2D eigenvalue weighted by Crippen LogP contribution is -2.11. The van der Waals surface area contributed by atoms with Crippen LogP contribution in [0, 0.1) is 122 Å². The molecule has 0 unspecified atom stereocenters. The molecule has 0 spiro atoms. The Morgan fingerprint density at radius 3 is 0.433 bits per heavy atom. The van der Waals surface area contributed by atoms with Gasteiger partial charge in [-0.15, -0.1) is 0 Å². The Morgan fingerprint density at radius 2 is 0.308 bits per heavy atom. The molecule has 5 saturated carbocycles. The van der Waals surface area contributed by atoms with E-state index in [1.807, 2.05) is 60.7 Å². The van der Waals surface area contributed by atoms with Gasteiger partial charge in [-0.2, -0.15) is 0 Å². The number of halogens is 10. The Morgan fingerprint density at radius 1 is 0.175 bits per heavy atom. The molecule has 5 aliphatic carbocycles. The Labute approximate surface area is 708 Å². The SMILES string of the molecule is C/C=C/C1CCC(c2ccc(-c3ccc(C)c(F)c3F)cc2)CC1.C/C=C/C1CCC(c2ccc(-c3ccc(C)c(F)c3F)cc2)CC1.C/C=C/C1CCC(c2ccc(-c3ccc(C)c(F)c3F)cc2)CC1.C/C=C/C1CCC(c2ccc(-c3ccc(C)c(F)c3F)cc2)CC1.C/C=C/C1CCC(c2ccc(-c3ccc(C)c(F)c3F)cc2)CC1. The first-order valence-electron chi connectivity index (χ1n) is 43.9. The van der Waals surface area contributed by atoms with Crippen LogP contribution in [0.2, 0.25) is 0 Å². The molecule has 0 N–H and O–H groups in total. The van der Waals surface area contributed by atoms with Gasteiger partial charge in [-0.1, -0.05) is 243 Å². The van der Waals surface area contributed by atoms with Crippen LogP contribution in [0.15, 0.2) is 243 Å². The Hall–Kier alpha value is -9.80. The van der Waals surface area contributed by atoms with Crippen LogP contribution in [-0.2, 0) is 0 Å². The third-order valence-corrected chi connectivity index (χ3v) is 26.0. The van der Waals surface area contributed by atoms with Crippen LogP contribution in [0.25, 0.3) is 55.6 Å². The first-order valence-corrected chi connectivity index (χ1v) is 43.9. The number of benzene rings is 10. The molecule has 0 radical (unpaired) electrons. The molecule has 10 aromatic rings.